The van der Waals surface area contributed by atoms with Crippen LogP contribution >= 0.6 is 0 Å². The number of carbonyl (C=O) groups is 2. The van der Waals surface area contributed by atoms with Gasteiger partial charge < -0.3 is 10.1 Å². The van der Waals surface area contributed by atoms with E-state index in [2.05, 4.69) is 26.1 Å². The molecule has 1 amide bonds. The van der Waals surface area contributed by atoms with Gasteiger partial charge in [0.05, 0.1) is 19.1 Å². The summed E-state index contributed by atoms with van der Waals surface area (Å²) in [6.07, 6.45) is 1.03. The van der Waals surface area contributed by atoms with Crippen LogP contribution < -0.4 is 14.4 Å². The summed E-state index contributed by atoms with van der Waals surface area (Å²) in [4.78, 5) is 25.7. The third-order valence-electron chi connectivity index (χ3n) is 5.45. The SMILES string of the molecule is COc1cccc(N(CC(=O)Nc2cccc(C(=O)c3ccc(C(C)(C)C)cc3)c2)S(C)(=O)=O)c1. The molecule has 35 heavy (non-hydrogen) atoms. The summed E-state index contributed by atoms with van der Waals surface area (Å²) in [7, 11) is -2.26. The van der Waals surface area contributed by atoms with E-state index >= 15 is 0 Å². The number of nitrogens with zero attached hydrogens (tertiary/aromatic N) is 1. The van der Waals surface area contributed by atoms with Gasteiger partial charge in [0.1, 0.15) is 12.3 Å². The number of carbonyl (C=O) groups excluding carboxylic acids is 2. The molecule has 1 N–H and O–H groups in total. The fraction of sp³-hybridized carbons (Fsp3) is 0.259. The Bertz CT molecular complexity index is 1330. The summed E-state index contributed by atoms with van der Waals surface area (Å²) < 4.78 is 30.9. The molecule has 0 fully saturated rings. The van der Waals surface area contributed by atoms with Gasteiger partial charge in [0, 0.05) is 22.9 Å². The van der Waals surface area contributed by atoms with Crippen molar-refractivity contribution in [1.29, 1.82) is 0 Å². The van der Waals surface area contributed by atoms with Crippen LogP contribution in [0, 0.1) is 0 Å². The third-order valence-corrected chi connectivity index (χ3v) is 6.59. The lowest BCUT2D eigenvalue weighted by Crippen LogP contribution is -2.37. The van der Waals surface area contributed by atoms with E-state index in [0.717, 1.165) is 16.1 Å². The number of hydrogen-bond acceptors (Lipinski definition) is 5. The molecule has 184 valence electrons. The molecule has 0 heterocycles. The molecule has 0 saturated carbocycles. The van der Waals surface area contributed by atoms with E-state index in [0.29, 0.717) is 28.3 Å². The average Bonchev–Trinajstić information content (AvgIpc) is 2.81. The highest BCUT2D eigenvalue weighted by Crippen LogP contribution is 2.25. The van der Waals surface area contributed by atoms with Gasteiger partial charge in [0.15, 0.2) is 5.78 Å². The van der Waals surface area contributed by atoms with Crippen molar-refractivity contribution in [2.24, 2.45) is 0 Å². The highest BCUT2D eigenvalue weighted by atomic mass is 32.2. The number of ether oxygens (including phenoxy) is 1. The molecule has 0 aliphatic rings. The Hall–Kier alpha value is -3.65. The van der Waals surface area contributed by atoms with Gasteiger partial charge in [-0.3, -0.25) is 13.9 Å². The number of amides is 1. The Morgan fingerprint density at radius 1 is 0.914 bits per heavy atom. The minimum absolute atomic E-state index is 0.0174. The molecule has 0 aliphatic heterocycles. The lowest BCUT2D eigenvalue weighted by molar-refractivity contribution is -0.114. The second kappa shape index (κ2) is 10.3. The molecule has 3 rings (SSSR count). The van der Waals surface area contributed by atoms with Crippen LogP contribution in [0.4, 0.5) is 11.4 Å². The first-order valence-electron chi connectivity index (χ1n) is 11.1. The molecule has 0 atom stereocenters. The van der Waals surface area contributed by atoms with E-state index in [1.54, 1.807) is 60.7 Å². The van der Waals surface area contributed by atoms with Gasteiger partial charge in [-0.05, 0) is 35.2 Å². The van der Waals surface area contributed by atoms with Gasteiger partial charge in [-0.15, -0.1) is 0 Å². The molecular formula is C27H30N2O5S. The minimum Gasteiger partial charge on any atom is -0.497 e. The molecule has 0 aliphatic carbocycles. The molecule has 8 heteroatoms. The Morgan fingerprint density at radius 2 is 1.57 bits per heavy atom. The average molecular weight is 495 g/mol. The molecule has 0 radical (unpaired) electrons. The number of rotatable bonds is 8. The molecule has 3 aromatic carbocycles. The van der Waals surface area contributed by atoms with Gasteiger partial charge in [0.25, 0.3) is 0 Å². The summed E-state index contributed by atoms with van der Waals surface area (Å²) in [5.74, 6) is -0.244. The van der Waals surface area contributed by atoms with Crippen LogP contribution in [-0.4, -0.2) is 40.0 Å². The molecule has 3 aromatic rings. The van der Waals surface area contributed by atoms with Gasteiger partial charge in [-0.1, -0.05) is 63.2 Å². The van der Waals surface area contributed by atoms with Crippen LogP contribution in [-0.2, 0) is 20.2 Å². The number of hydrogen-bond donors (Lipinski definition) is 1. The van der Waals surface area contributed by atoms with E-state index < -0.39 is 22.5 Å². The summed E-state index contributed by atoms with van der Waals surface area (Å²) in [6.45, 7) is 5.89. The maximum atomic E-state index is 13.0. The van der Waals surface area contributed by atoms with E-state index in [1.165, 1.54) is 7.11 Å². The van der Waals surface area contributed by atoms with Gasteiger partial charge in [-0.2, -0.15) is 0 Å². The normalized spacial score (nSPS) is 11.6. The Labute approximate surface area is 206 Å². The Kier molecular flexibility index (Phi) is 7.65. The van der Waals surface area contributed by atoms with Crippen molar-refractivity contribution < 1.29 is 22.7 Å². The summed E-state index contributed by atoms with van der Waals surface area (Å²) >= 11 is 0. The number of benzene rings is 3. The van der Waals surface area contributed by atoms with Crippen LogP contribution in [0.3, 0.4) is 0 Å². The first kappa shape index (κ1) is 26.0. The maximum Gasteiger partial charge on any atom is 0.245 e. The largest absolute Gasteiger partial charge is 0.497 e. The molecule has 7 nitrogen and oxygen atoms in total. The number of sulfonamides is 1. The highest BCUT2D eigenvalue weighted by molar-refractivity contribution is 7.92. The topological polar surface area (TPSA) is 92.8 Å². The van der Waals surface area contributed by atoms with Crippen LogP contribution in [0.5, 0.6) is 5.75 Å². The number of anilines is 2. The molecule has 0 aromatic heterocycles. The molecule has 0 bridgehead atoms. The quantitative estimate of drug-likeness (QED) is 0.461. The van der Waals surface area contributed by atoms with Crippen LogP contribution in [0.2, 0.25) is 0 Å². The number of nitrogens with one attached hydrogen (secondary N) is 1. The van der Waals surface area contributed by atoms with Crippen molar-refractivity contribution in [3.8, 4) is 5.75 Å². The van der Waals surface area contributed by atoms with Crippen LogP contribution in [0.1, 0.15) is 42.3 Å². The van der Waals surface area contributed by atoms with Gasteiger partial charge in [-0.25, -0.2) is 8.42 Å². The fourth-order valence-corrected chi connectivity index (χ4v) is 4.37. The summed E-state index contributed by atoms with van der Waals surface area (Å²) in [6, 6.07) is 20.5. The van der Waals surface area contributed by atoms with Crippen molar-refractivity contribution in [2.75, 3.05) is 29.5 Å². The second-order valence-electron chi connectivity index (χ2n) is 9.26. The Balaban J connectivity index is 1.77. The van der Waals surface area contributed by atoms with E-state index in [1.807, 2.05) is 12.1 Å². The smallest absolute Gasteiger partial charge is 0.245 e. The standard InChI is InChI=1S/C27H30N2O5S/c1-27(2,3)21-14-12-19(13-15-21)26(31)20-8-6-9-22(16-20)28-25(30)18-29(35(5,32)33)23-10-7-11-24(17-23)34-4/h6-17H,18H2,1-5H3,(H,28,30). The van der Waals surface area contributed by atoms with E-state index in [-0.39, 0.29) is 11.2 Å². The fourth-order valence-electron chi connectivity index (χ4n) is 3.52. The second-order valence-corrected chi connectivity index (χ2v) is 11.2. The first-order chi connectivity index (χ1) is 16.4. The number of methoxy groups -OCH3 is 1. The summed E-state index contributed by atoms with van der Waals surface area (Å²) in [5.41, 5.74) is 2.77. The minimum atomic E-state index is -3.74. The zero-order valence-corrected chi connectivity index (χ0v) is 21.3. The monoisotopic (exact) mass is 494 g/mol. The van der Waals surface area contributed by atoms with E-state index in [9.17, 15) is 18.0 Å². The first-order valence-corrected chi connectivity index (χ1v) is 12.9. The molecule has 0 unspecified atom stereocenters. The van der Waals surface area contributed by atoms with Crippen molar-refractivity contribution >= 4 is 33.1 Å². The Morgan fingerprint density at radius 3 is 2.17 bits per heavy atom. The zero-order valence-electron chi connectivity index (χ0n) is 20.5. The van der Waals surface area contributed by atoms with Crippen molar-refractivity contribution in [3.05, 3.63) is 89.5 Å². The van der Waals surface area contributed by atoms with Gasteiger partial charge in [0.2, 0.25) is 15.9 Å². The molecular weight excluding hydrogens is 464 g/mol. The van der Waals surface area contributed by atoms with Crippen molar-refractivity contribution in [3.63, 3.8) is 0 Å². The predicted molar refractivity (Wildman–Crippen MR) is 139 cm³/mol. The predicted octanol–water partition coefficient (Wildman–Crippen LogP) is 4.63. The molecule has 0 saturated heterocycles. The third kappa shape index (κ3) is 6.70. The summed E-state index contributed by atoms with van der Waals surface area (Å²) in [5, 5.41) is 2.69. The number of ketones is 1. The van der Waals surface area contributed by atoms with Gasteiger partial charge >= 0.3 is 0 Å². The van der Waals surface area contributed by atoms with Crippen LogP contribution in [0.25, 0.3) is 0 Å². The van der Waals surface area contributed by atoms with E-state index in [4.69, 9.17) is 4.74 Å². The van der Waals surface area contributed by atoms with Crippen LogP contribution in [0.15, 0.2) is 72.8 Å². The zero-order chi connectivity index (χ0) is 25.8. The molecule has 0 spiro atoms. The van der Waals surface area contributed by atoms with Crippen molar-refractivity contribution in [1.82, 2.24) is 0 Å². The lowest BCUT2D eigenvalue weighted by Gasteiger charge is -2.22. The highest BCUT2D eigenvalue weighted by Gasteiger charge is 2.22. The lowest BCUT2D eigenvalue weighted by atomic mass is 9.86. The van der Waals surface area contributed by atoms with Crippen molar-refractivity contribution in [2.45, 2.75) is 26.2 Å². The maximum absolute atomic E-state index is 13.0.